The monoisotopic (exact) mass is 278 g/mol. The molecule has 0 bridgehead atoms. The van der Waals surface area contributed by atoms with Gasteiger partial charge in [0, 0.05) is 5.10 Å². The predicted octanol–water partition coefficient (Wildman–Crippen LogP) is -3.87. The summed E-state index contributed by atoms with van der Waals surface area (Å²) in [5.74, 6) is 3.79. The van der Waals surface area contributed by atoms with Gasteiger partial charge < -0.3 is 21.1 Å². The van der Waals surface area contributed by atoms with Crippen molar-refractivity contribution in [2.75, 3.05) is 5.73 Å². The fraction of sp³-hybridized carbons (Fsp3) is 0. The Bertz CT molecular complexity index is 489. The second-order valence-electron chi connectivity index (χ2n) is 2.57. The number of hydrazone groups is 1. The number of hydrogen-bond acceptors (Lipinski definition) is 13. The standard InChI is InChI=1S/CH3N7O4.CH3N5O/c2-7-4-3-1(6(9)10)5(7)8(11)12;2-1-3-4-5-6(1)7/h4H,2H2;7H,(H2,2,3,5). The van der Waals surface area contributed by atoms with Crippen molar-refractivity contribution in [3.8, 4) is 0 Å². The molecule has 0 atom stereocenters. The fourth-order valence-corrected chi connectivity index (χ4v) is 0.734. The zero-order valence-corrected chi connectivity index (χ0v) is 8.76. The molecule has 17 heteroatoms. The highest BCUT2D eigenvalue weighted by Gasteiger charge is 2.46. The summed E-state index contributed by atoms with van der Waals surface area (Å²) in [5, 5.41) is 39.8. The van der Waals surface area contributed by atoms with Gasteiger partial charge >= 0.3 is 5.96 Å². The summed E-state index contributed by atoms with van der Waals surface area (Å²) in [5.41, 5.74) is 6.74. The average Bonchev–Trinajstić information content (AvgIpc) is 2.87. The van der Waals surface area contributed by atoms with Gasteiger partial charge in [0.1, 0.15) is 0 Å². The van der Waals surface area contributed by atoms with E-state index < -0.39 is 15.9 Å². The van der Waals surface area contributed by atoms with E-state index in [1.165, 1.54) is 0 Å². The molecule has 0 radical (unpaired) electrons. The fourth-order valence-electron chi connectivity index (χ4n) is 0.734. The molecule has 0 saturated heterocycles. The van der Waals surface area contributed by atoms with Crippen LogP contribution in [0.15, 0.2) is 5.10 Å². The number of nitrogens with zero attached hydrogens (tertiary/aromatic N) is 9. The highest BCUT2D eigenvalue weighted by molar-refractivity contribution is 5.70. The largest absolute Gasteiger partial charge is 0.537 e. The Morgan fingerprint density at radius 1 is 1.37 bits per heavy atom. The molecule has 1 aromatic heterocycles. The maximum atomic E-state index is 10.1. The first-order chi connectivity index (χ1) is 8.84. The molecule has 0 fully saturated rings. The highest BCUT2D eigenvalue weighted by atomic mass is 16.7. The quantitative estimate of drug-likeness (QED) is 0.167. The SMILES string of the molecule is NN1NN=C([N+](=O)[O-])N1[N+](=O)[O-].Nc1nnnn1O. The van der Waals surface area contributed by atoms with Gasteiger partial charge in [-0.05, 0) is 20.2 Å². The first kappa shape index (κ1) is 13.7. The predicted molar refractivity (Wildman–Crippen MR) is 51.8 cm³/mol. The molecule has 0 aromatic carbocycles. The van der Waals surface area contributed by atoms with Crippen LogP contribution in [0, 0.1) is 20.2 Å². The molecule has 17 nitrogen and oxygen atoms in total. The third-order valence-electron chi connectivity index (χ3n) is 1.43. The van der Waals surface area contributed by atoms with Crippen molar-refractivity contribution in [1.29, 1.82) is 0 Å². The molecule has 19 heavy (non-hydrogen) atoms. The van der Waals surface area contributed by atoms with E-state index in [2.05, 4.69) is 20.6 Å². The number of nitrogens with one attached hydrogen (secondary N) is 1. The van der Waals surface area contributed by atoms with Crippen LogP contribution in [0.5, 0.6) is 0 Å². The van der Waals surface area contributed by atoms with Gasteiger partial charge in [-0.15, -0.1) is 5.53 Å². The van der Waals surface area contributed by atoms with Crippen molar-refractivity contribution < 1.29 is 15.2 Å². The number of nitrogen functional groups attached to an aromatic ring is 1. The van der Waals surface area contributed by atoms with Gasteiger partial charge in [0.25, 0.3) is 5.95 Å². The molecule has 0 unspecified atom stereocenters. The molecule has 0 aliphatic carbocycles. The molecule has 1 aliphatic rings. The van der Waals surface area contributed by atoms with Crippen molar-refractivity contribution in [1.82, 2.24) is 36.3 Å². The molecule has 0 saturated carbocycles. The van der Waals surface area contributed by atoms with Crippen LogP contribution >= 0.6 is 0 Å². The molecular weight excluding hydrogens is 272 g/mol. The van der Waals surface area contributed by atoms with Gasteiger partial charge in [0.15, 0.2) is 5.12 Å². The topological polar surface area (TPSA) is 233 Å². The van der Waals surface area contributed by atoms with Crippen molar-refractivity contribution in [2.24, 2.45) is 10.9 Å². The van der Waals surface area contributed by atoms with Crippen LogP contribution in [0.1, 0.15) is 0 Å². The summed E-state index contributed by atoms with van der Waals surface area (Å²) >= 11 is 0. The normalized spacial score (nSPS) is 14.2. The summed E-state index contributed by atoms with van der Waals surface area (Å²) < 4.78 is 0. The van der Waals surface area contributed by atoms with E-state index in [9.17, 15) is 20.2 Å². The van der Waals surface area contributed by atoms with Gasteiger partial charge in [0.2, 0.25) is 5.03 Å². The summed E-state index contributed by atoms with van der Waals surface area (Å²) in [6.45, 7) is 0. The molecule has 2 rings (SSSR count). The van der Waals surface area contributed by atoms with Gasteiger partial charge in [-0.1, -0.05) is 5.10 Å². The van der Waals surface area contributed by atoms with E-state index in [0.29, 0.717) is 4.85 Å². The maximum Gasteiger partial charge on any atom is 0.537 e. The van der Waals surface area contributed by atoms with Crippen molar-refractivity contribution >= 4 is 11.9 Å². The molecule has 1 aliphatic heterocycles. The number of aromatic nitrogens is 4. The molecule has 2 heterocycles. The Hall–Kier alpha value is -3.34. The Morgan fingerprint density at radius 2 is 2.00 bits per heavy atom. The lowest BCUT2D eigenvalue weighted by Gasteiger charge is -2.05. The summed E-state index contributed by atoms with van der Waals surface area (Å²) in [4.78, 5) is 19.5. The van der Waals surface area contributed by atoms with Crippen molar-refractivity contribution in [2.45, 2.75) is 0 Å². The van der Waals surface area contributed by atoms with Crippen LogP contribution < -0.4 is 17.1 Å². The summed E-state index contributed by atoms with van der Waals surface area (Å²) in [6.07, 6.45) is 0. The minimum atomic E-state index is -1.08. The van der Waals surface area contributed by atoms with Crippen molar-refractivity contribution in [3.63, 3.8) is 0 Å². The van der Waals surface area contributed by atoms with E-state index in [0.717, 1.165) is 0 Å². The van der Waals surface area contributed by atoms with Crippen LogP contribution in [0.2, 0.25) is 0 Å². The number of hydrazine groups is 4. The molecular formula is C2H6N12O5. The number of nitrogens with two attached hydrogens (primary N) is 2. The minimum absolute atomic E-state index is 0.0417. The zero-order chi connectivity index (χ0) is 14.6. The summed E-state index contributed by atoms with van der Waals surface area (Å²) in [7, 11) is 0. The third-order valence-corrected chi connectivity index (χ3v) is 1.43. The number of guanidine groups is 1. The second kappa shape index (κ2) is 5.33. The van der Waals surface area contributed by atoms with Crippen LogP contribution in [0.25, 0.3) is 0 Å². The first-order valence-electron chi connectivity index (χ1n) is 4.04. The Balaban J connectivity index is 0.000000218. The van der Waals surface area contributed by atoms with Gasteiger partial charge in [-0.3, -0.25) is 0 Å². The van der Waals surface area contributed by atoms with Gasteiger partial charge in [-0.25, -0.2) is 16.0 Å². The Kier molecular flexibility index (Phi) is 3.85. The van der Waals surface area contributed by atoms with Gasteiger partial charge in [0.05, 0.1) is 5.23 Å². The van der Waals surface area contributed by atoms with E-state index in [4.69, 9.17) is 16.8 Å². The maximum absolute atomic E-state index is 10.1. The highest BCUT2D eigenvalue weighted by Crippen LogP contribution is 1.99. The molecule has 1 aromatic rings. The van der Waals surface area contributed by atoms with E-state index in [1.54, 1.807) is 0 Å². The molecule has 6 N–H and O–H groups in total. The van der Waals surface area contributed by atoms with Gasteiger partial charge in [-0.2, -0.15) is 0 Å². The first-order valence-corrected chi connectivity index (χ1v) is 4.04. The number of nitro groups is 2. The number of tetrazole rings is 1. The molecule has 0 spiro atoms. The number of rotatable bonds is 1. The zero-order valence-electron chi connectivity index (χ0n) is 8.76. The van der Waals surface area contributed by atoms with Crippen LogP contribution in [0.4, 0.5) is 5.95 Å². The van der Waals surface area contributed by atoms with E-state index in [-0.39, 0.29) is 16.3 Å². The number of hydrogen-bond donors (Lipinski definition) is 4. The lowest BCUT2D eigenvalue weighted by atomic mass is 11.0. The minimum Gasteiger partial charge on any atom is -0.408 e. The van der Waals surface area contributed by atoms with E-state index in [1.807, 2.05) is 5.53 Å². The Labute approximate surface area is 101 Å². The second-order valence-corrected chi connectivity index (χ2v) is 2.57. The number of anilines is 1. The lowest BCUT2D eigenvalue weighted by Crippen LogP contribution is -2.54. The van der Waals surface area contributed by atoms with E-state index >= 15 is 0 Å². The third kappa shape index (κ3) is 3.07. The van der Waals surface area contributed by atoms with Crippen LogP contribution in [-0.4, -0.2) is 51.8 Å². The summed E-state index contributed by atoms with van der Waals surface area (Å²) in [6, 6.07) is 0. The lowest BCUT2D eigenvalue weighted by molar-refractivity contribution is -0.687. The van der Waals surface area contributed by atoms with Crippen molar-refractivity contribution in [3.05, 3.63) is 20.2 Å². The molecule has 104 valence electrons. The smallest absolute Gasteiger partial charge is 0.408 e. The molecule has 0 amide bonds. The average molecular weight is 278 g/mol. The Morgan fingerprint density at radius 3 is 2.26 bits per heavy atom. The van der Waals surface area contributed by atoms with Crippen LogP contribution in [-0.2, 0) is 0 Å². The van der Waals surface area contributed by atoms with Crippen LogP contribution in [0.3, 0.4) is 0 Å².